The van der Waals surface area contributed by atoms with Gasteiger partial charge in [0.25, 0.3) is 0 Å². The third-order valence-corrected chi connectivity index (χ3v) is 5.60. The molecule has 0 saturated carbocycles. The first kappa shape index (κ1) is 12.1. The lowest BCUT2D eigenvalue weighted by Gasteiger charge is -2.26. The highest BCUT2D eigenvalue weighted by atomic mass is 32.2. The van der Waals surface area contributed by atoms with Crippen LogP contribution in [-0.4, -0.2) is 45.2 Å². The molecule has 1 saturated heterocycles. The average molecular weight is 266 g/mol. The third-order valence-electron chi connectivity index (χ3n) is 3.81. The molecule has 2 heterocycles. The summed E-state index contributed by atoms with van der Waals surface area (Å²) >= 11 is 0. The van der Waals surface area contributed by atoms with Gasteiger partial charge < -0.3 is 5.32 Å². The van der Waals surface area contributed by atoms with Crippen LogP contribution in [0.3, 0.4) is 0 Å². The van der Waals surface area contributed by atoms with E-state index in [9.17, 15) is 8.42 Å². The first-order valence-corrected chi connectivity index (χ1v) is 8.10. The normalized spacial score (nSPS) is 27.7. The van der Waals surface area contributed by atoms with Gasteiger partial charge in [0, 0.05) is 19.6 Å². The Morgan fingerprint density at radius 3 is 2.89 bits per heavy atom. The second kappa shape index (κ2) is 4.64. The van der Waals surface area contributed by atoms with Crippen LogP contribution in [0.4, 0.5) is 0 Å². The molecule has 0 radical (unpaired) electrons. The van der Waals surface area contributed by atoms with Gasteiger partial charge >= 0.3 is 0 Å². The van der Waals surface area contributed by atoms with Crippen molar-refractivity contribution in [2.24, 2.45) is 0 Å². The Balaban J connectivity index is 1.95. The summed E-state index contributed by atoms with van der Waals surface area (Å²) in [7, 11) is -3.08. The van der Waals surface area contributed by atoms with Gasteiger partial charge in [0.2, 0.25) is 0 Å². The third kappa shape index (κ3) is 2.06. The average Bonchev–Trinajstić information content (AvgIpc) is 2.58. The van der Waals surface area contributed by atoms with E-state index < -0.39 is 9.84 Å². The van der Waals surface area contributed by atoms with Gasteiger partial charge in [-0.05, 0) is 24.6 Å². The Morgan fingerprint density at radius 2 is 2.00 bits per heavy atom. The van der Waals surface area contributed by atoms with Crippen molar-refractivity contribution < 1.29 is 8.42 Å². The van der Waals surface area contributed by atoms with Crippen LogP contribution in [0, 0.1) is 0 Å². The lowest BCUT2D eigenvalue weighted by atomic mass is 10.1. The molecule has 98 valence electrons. The number of nitrogens with zero attached hydrogens (tertiary/aromatic N) is 1. The van der Waals surface area contributed by atoms with E-state index in [-0.39, 0.29) is 11.8 Å². The van der Waals surface area contributed by atoms with Gasteiger partial charge in [0.05, 0.1) is 16.7 Å². The molecule has 1 atom stereocenters. The quantitative estimate of drug-likeness (QED) is 0.817. The minimum atomic E-state index is -3.08. The van der Waals surface area contributed by atoms with Gasteiger partial charge in [-0.2, -0.15) is 0 Å². The number of hydrogen-bond acceptors (Lipinski definition) is 4. The van der Waals surface area contributed by atoms with Gasteiger partial charge in [-0.3, -0.25) is 4.90 Å². The Morgan fingerprint density at radius 1 is 1.17 bits per heavy atom. The van der Waals surface area contributed by atoms with Crippen molar-refractivity contribution in [2.75, 3.05) is 31.9 Å². The Kier molecular flexibility index (Phi) is 3.13. The molecule has 0 spiro atoms. The fourth-order valence-electron chi connectivity index (χ4n) is 2.91. The van der Waals surface area contributed by atoms with Crippen LogP contribution in [0.5, 0.6) is 0 Å². The second-order valence-corrected chi connectivity index (χ2v) is 6.98. The summed E-state index contributed by atoms with van der Waals surface area (Å²) in [5.74, 6) is 0.242. The molecule has 5 heteroatoms. The Hall–Kier alpha value is -0.910. The molecule has 1 aromatic rings. The van der Waals surface area contributed by atoms with E-state index in [4.69, 9.17) is 0 Å². The SMILES string of the molecule is O=S1(=O)CC(N2CCCNCC2)c2ccccc21. The van der Waals surface area contributed by atoms with Crippen molar-refractivity contribution in [1.82, 2.24) is 10.2 Å². The van der Waals surface area contributed by atoms with E-state index in [1.807, 2.05) is 18.2 Å². The predicted molar refractivity (Wildman–Crippen MR) is 70.3 cm³/mol. The first-order chi connectivity index (χ1) is 8.68. The summed E-state index contributed by atoms with van der Waals surface area (Å²) in [5, 5.41) is 3.35. The van der Waals surface area contributed by atoms with Gasteiger partial charge in [0.15, 0.2) is 9.84 Å². The molecule has 2 aliphatic rings. The van der Waals surface area contributed by atoms with Gasteiger partial charge in [0.1, 0.15) is 0 Å². The zero-order chi connectivity index (χ0) is 12.6. The molecule has 0 aromatic heterocycles. The highest BCUT2D eigenvalue weighted by Gasteiger charge is 2.37. The minimum Gasteiger partial charge on any atom is -0.315 e. The number of hydrogen-bond donors (Lipinski definition) is 1. The minimum absolute atomic E-state index is 0.0473. The maximum absolute atomic E-state index is 12.1. The largest absolute Gasteiger partial charge is 0.315 e. The monoisotopic (exact) mass is 266 g/mol. The summed E-state index contributed by atoms with van der Waals surface area (Å²) in [6, 6.07) is 7.49. The van der Waals surface area contributed by atoms with Crippen LogP contribution in [-0.2, 0) is 9.84 Å². The van der Waals surface area contributed by atoms with Crippen molar-refractivity contribution >= 4 is 9.84 Å². The van der Waals surface area contributed by atoms with Crippen molar-refractivity contribution in [1.29, 1.82) is 0 Å². The van der Waals surface area contributed by atoms with E-state index in [1.54, 1.807) is 6.07 Å². The van der Waals surface area contributed by atoms with Crippen molar-refractivity contribution in [3.05, 3.63) is 29.8 Å². The lowest BCUT2D eigenvalue weighted by molar-refractivity contribution is 0.229. The van der Waals surface area contributed by atoms with Crippen molar-refractivity contribution in [3.63, 3.8) is 0 Å². The molecule has 1 N–H and O–H groups in total. The fourth-order valence-corrected chi connectivity index (χ4v) is 4.74. The molecule has 2 aliphatic heterocycles. The van der Waals surface area contributed by atoms with Crippen LogP contribution >= 0.6 is 0 Å². The zero-order valence-corrected chi connectivity index (χ0v) is 11.1. The molecule has 4 nitrogen and oxygen atoms in total. The molecule has 0 amide bonds. The van der Waals surface area contributed by atoms with E-state index >= 15 is 0 Å². The topological polar surface area (TPSA) is 49.4 Å². The van der Waals surface area contributed by atoms with Crippen LogP contribution in [0.2, 0.25) is 0 Å². The van der Waals surface area contributed by atoms with Crippen LogP contribution in [0.25, 0.3) is 0 Å². The molecule has 1 unspecified atom stereocenters. The number of benzene rings is 1. The Bertz CT molecular complexity index is 534. The maximum atomic E-state index is 12.1. The van der Waals surface area contributed by atoms with E-state index in [1.165, 1.54) is 0 Å². The smallest absolute Gasteiger partial charge is 0.180 e. The molecule has 18 heavy (non-hydrogen) atoms. The second-order valence-electron chi connectivity index (χ2n) is 4.97. The predicted octanol–water partition coefficient (Wildman–Crippen LogP) is 0.810. The van der Waals surface area contributed by atoms with Gasteiger partial charge in [-0.25, -0.2) is 8.42 Å². The molecular weight excluding hydrogens is 248 g/mol. The number of rotatable bonds is 1. The Labute approximate surface area is 108 Å². The maximum Gasteiger partial charge on any atom is 0.180 e. The highest BCUT2D eigenvalue weighted by molar-refractivity contribution is 7.91. The number of sulfone groups is 1. The van der Waals surface area contributed by atoms with Gasteiger partial charge in [-0.15, -0.1) is 0 Å². The fraction of sp³-hybridized carbons (Fsp3) is 0.538. The van der Waals surface area contributed by atoms with Crippen LogP contribution in [0.1, 0.15) is 18.0 Å². The standard InChI is InChI=1S/C13H18N2O2S/c16-18(17)10-12(11-4-1-2-5-13(11)18)15-8-3-6-14-7-9-15/h1-2,4-5,12,14H,3,6-10H2. The zero-order valence-electron chi connectivity index (χ0n) is 10.3. The van der Waals surface area contributed by atoms with Gasteiger partial charge in [-0.1, -0.05) is 18.2 Å². The molecular formula is C13H18N2O2S. The number of fused-ring (bicyclic) bond motifs is 1. The van der Waals surface area contributed by atoms with E-state index in [2.05, 4.69) is 10.2 Å². The first-order valence-electron chi connectivity index (χ1n) is 6.45. The molecule has 1 fully saturated rings. The highest BCUT2D eigenvalue weighted by Crippen LogP contribution is 2.36. The van der Waals surface area contributed by atoms with E-state index in [0.29, 0.717) is 4.90 Å². The molecule has 1 aromatic carbocycles. The molecule has 0 aliphatic carbocycles. The van der Waals surface area contributed by atoms with Crippen molar-refractivity contribution in [3.8, 4) is 0 Å². The van der Waals surface area contributed by atoms with Crippen LogP contribution < -0.4 is 5.32 Å². The summed E-state index contributed by atoms with van der Waals surface area (Å²) in [6.45, 7) is 3.87. The number of nitrogens with one attached hydrogen (secondary N) is 1. The summed E-state index contributed by atoms with van der Waals surface area (Å²) in [4.78, 5) is 2.84. The lowest BCUT2D eigenvalue weighted by Crippen LogP contribution is -2.33. The summed E-state index contributed by atoms with van der Waals surface area (Å²) in [6.07, 6.45) is 1.08. The van der Waals surface area contributed by atoms with Crippen molar-refractivity contribution in [2.45, 2.75) is 17.4 Å². The summed E-state index contributed by atoms with van der Waals surface area (Å²) in [5.41, 5.74) is 0.986. The molecule has 3 rings (SSSR count). The molecule has 0 bridgehead atoms. The summed E-state index contributed by atoms with van der Waals surface area (Å²) < 4.78 is 24.3. The van der Waals surface area contributed by atoms with E-state index in [0.717, 1.165) is 38.2 Å². The van der Waals surface area contributed by atoms with Crippen LogP contribution in [0.15, 0.2) is 29.2 Å².